The molecule has 0 bridgehead atoms. The summed E-state index contributed by atoms with van der Waals surface area (Å²) in [6.45, 7) is 13.6. The van der Waals surface area contributed by atoms with Crippen LogP contribution in [0.25, 0.3) is 0 Å². The van der Waals surface area contributed by atoms with E-state index in [1.165, 1.54) is 25.7 Å². The average molecular weight is 253 g/mol. The van der Waals surface area contributed by atoms with Crippen molar-refractivity contribution in [2.24, 2.45) is 17.3 Å². The molecule has 2 fully saturated rings. The van der Waals surface area contributed by atoms with Crippen LogP contribution in [0.3, 0.4) is 0 Å². The van der Waals surface area contributed by atoms with Gasteiger partial charge in [0, 0.05) is 11.6 Å². The number of nitrogens with one attached hydrogen (secondary N) is 1. The van der Waals surface area contributed by atoms with Gasteiger partial charge in [-0.15, -0.1) is 0 Å². The molecule has 0 radical (unpaired) electrons. The van der Waals surface area contributed by atoms with Gasteiger partial charge in [0.05, 0.1) is 13.2 Å². The summed E-state index contributed by atoms with van der Waals surface area (Å²) in [7, 11) is 0. The largest absolute Gasteiger partial charge is 0.378 e. The van der Waals surface area contributed by atoms with Crippen molar-refractivity contribution in [1.29, 1.82) is 0 Å². The Morgan fingerprint density at radius 1 is 1.17 bits per heavy atom. The third kappa shape index (κ3) is 3.08. The van der Waals surface area contributed by atoms with Crippen molar-refractivity contribution >= 4 is 0 Å². The van der Waals surface area contributed by atoms with E-state index in [2.05, 4.69) is 39.9 Å². The van der Waals surface area contributed by atoms with E-state index in [1.54, 1.807) is 0 Å². The first kappa shape index (κ1) is 14.3. The van der Waals surface area contributed by atoms with Gasteiger partial charge in [-0.1, -0.05) is 34.6 Å². The highest BCUT2D eigenvalue weighted by Crippen LogP contribution is 2.42. The zero-order valence-corrected chi connectivity index (χ0v) is 12.9. The maximum atomic E-state index is 5.90. The van der Waals surface area contributed by atoms with Crippen molar-refractivity contribution in [2.75, 3.05) is 13.2 Å². The quantitative estimate of drug-likeness (QED) is 0.771. The maximum absolute atomic E-state index is 5.90. The van der Waals surface area contributed by atoms with Gasteiger partial charge in [-0.25, -0.2) is 0 Å². The zero-order valence-electron chi connectivity index (χ0n) is 12.9. The van der Waals surface area contributed by atoms with Crippen molar-refractivity contribution in [3.8, 4) is 0 Å². The summed E-state index contributed by atoms with van der Waals surface area (Å²) >= 11 is 0. The molecule has 1 atom stereocenters. The Labute approximate surface area is 113 Å². The summed E-state index contributed by atoms with van der Waals surface area (Å²) in [6, 6.07) is 0.546. The SMILES string of the molecule is CC(C)[C@H]1COCC2(CCC(C(C)(C)C)CC2)N1. The molecule has 1 N–H and O–H groups in total. The first-order valence-corrected chi connectivity index (χ1v) is 7.68. The standard InChI is InChI=1S/C16H31NO/c1-12(2)14-10-18-11-16(17-14)8-6-13(7-9-16)15(3,4)5/h12-14,17H,6-11H2,1-5H3/t13?,14-,16?/m1/s1. The maximum Gasteiger partial charge on any atom is 0.0649 e. The van der Waals surface area contributed by atoms with Crippen molar-refractivity contribution in [2.45, 2.75) is 71.9 Å². The summed E-state index contributed by atoms with van der Waals surface area (Å²) in [6.07, 6.45) is 5.28. The van der Waals surface area contributed by atoms with E-state index in [4.69, 9.17) is 4.74 Å². The molecular formula is C16H31NO. The normalized spacial score (nSPS) is 38.3. The van der Waals surface area contributed by atoms with Crippen LogP contribution in [0.2, 0.25) is 0 Å². The fourth-order valence-corrected chi connectivity index (χ4v) is 3.54. The molecule has 0 amide bonds. The van der Waals surface area contributed by atoms with E-state index < -0.39 is 0 Å². The van der Waals surface area contributed by atoms with E-state index in [-0.39, 0.29) is 5.54 Å². The highest BCUT2D eigenvalue weighted by molar-refractivity contribution is 4.99. The lowest BCUT2D eigenvalue weighted by molar-refractivity contribution is -0.0404. The van der Waals surface area contributed by atoms with Crippen LogP contribution in [-0.4, -0.2) is 24.8 Å². The van der Waals surface area contributed by atoms with Gasteiger partial charge in [-0.2, -0.15) is 0 Å². The van der Waals surface area contributed by atoms with Crippen LogP contribution in [-0.2, 0) is 4.74 Å². The van der Waals surface area contributed by atoms with Crippen LogP contribution in [0, 0.1) is 17.3 Å². The minimum atomic E-state index is 0.287. The van der Waals surface area contributed by atoms with Crippen LogP contribution >= 0.6 is 0 Å². The lowest BCUT2D eigenvalue weighted by Crippen LogP contribution is -2.62. The Morgan fingerprint density at radius 3 is 2.28 bits per heavy atom. The molecule has 18 heavy (non-hydrogen) atoms. The fraction of sp³-hybridized carbons (Fsp3) is 1.00. The number of morpholine rings is 1. The summed E-state index contributed by atoms with van der Waals surface area (Å²) in [5.41, 5.74) is 0.753. The van der Waals surface area contributed by atoms with Gasteiger partial charge in [0.25, 0.3) is 0 Å². The van der Waals surface area contributed by atoms with Gasteiger partial charge >= 0.3 is 0 Å². The molecule has 0 unspecified atom stereocenters. The molecule has 1 aliphatic carbocycles. The molecule has 2 rings (SSSR count). The summed E-state index contributed by atoms with van der Waals surface area (Å²) in [5, 5.41) is 3.92. The van der Waals surface area contributed by atoms with E-state index in [9.17, 15) is 0 Å². The van der Waals surface area contributed by atoms with E-state index >= 15 is 0 Å². The van der Waals surface area contributed by atoms with E-state index in [1.807, 2.05) is 0 Å². The predicted molar refractivity (Wildman–Crippen MR) is 76.7 cm³/mol. The smallest absolute Gasteiger partial charge is 0.0649 e. The minimum absolute atomic E-state index is 0.287. The number of rotatable bonds is 1. The Bertz CT molecular complexity index is 271. The van der Waals surface area contributed by atoms with Crippen molar-refractivity contribution < 1.29 is 4.74 Å². The van der Waals surface area contributed by atoms with Crippen molar-refractivity contribution in [1.82, 2.24) is 5.32 Å². The van der Waals surface area contributed by atoms with E-state index in [0.29, 0.717) is 17.4 Å². The minimum Gasteiger partial charge on any atom is -0.378 e. The first-order valence-electron chi connectivity index (χ1n) is 7.68. The Morgan fingerprint density at radius 2 is 1.78 bits per heavy atom. The molecule has 106 valence electrons. The summed E-state index contributed by atoms with van der Waals surface area (Å²) in [5.74, 6) is 1.55. The zero-order chi connectivity index (χ0) is 13.4. The van der Waals surface area contributed by atoms with Crippen LogP contribution in [0.5, 0.6) is 0 Å². The molecule has 1 heterocycles. The van der Waals surface area contributed by atoms with E-state index in [0.717, 1.165) is 19.1 Å². The second kappa shape index (κ2) is 5.13. The lowest BCUT2D eigenvalue weighted by Gasteiger charge is -2.49. The van der Waals surface area contributed by atoms with Crippen LogP contribution in [0.4, 0.5) is 0 Å². The Kier molecular flexibility index (Phi) is 4.08. The van der Waals surface area contributed by atoms with Gasteiger partial charge < -0.3 is 10.1 Å². The first-order chi connectivity index (χ1) is 8.32. The summed E-state index contributed by atoms with van der Waals surface area (Å²) in [4.78, 5) is 0. The topological polar surface area (TPSA) is 21.3 Å². The molecule has 0 aromatic carbocycles. The Balaban J connectivity index is 1.95. The molecule has 1 saturated heterocycles. The second-order valence-electron chi connectivity index (χ2n) is 7.93. The molecular weight excluding hydrogens is 222 g/mol. The molecule has 2 heteroatoms. The van der Waals surface area contributed by atoms with Gasteiger partial charge in [-0.05, 0) is 42.9 Å². The fourth-order valence-electron chi connectivity index (χ4n) is 3.54. The molecule has 1 aliphatic heterocycles. The van der Waals surface area contributed by atoms with Crippen molar-refractivity contribution in [3.63, 3.8) is 0 Å². The predicted octanol–water partition coefficient (Wildman–Crippen LogP) is 3.61. The molecule has 0 aromatic rings. The monoisotopic (exact) mass is 253 g/mol. The van der Waals surface area contributed by atoms with Gasteiger partial charge in [0.2, 0.25) is 0 Å². The van der Waals surface area contributed by atoms with Gasteiger partial charge in [-0.3, -0.25) is 0 Å². The second-order valence-corrected chi connectivity index (χ2v) is 7.93. The van der Waals surface area contributed by atoms with Crippen LogP contribution in [0.15, 0.2) is 0 Å². The third-order valence-electron chi connectivity index (χ3n) is 5.14. The summed E-state index contributed by atoms with van der Waals surface area (Å²) < 4.78 is 5.90. The van der Waals surface area contributed by atoms with Crippen molar-refractivity contribution in [3.05, 3.63) is 0 Å². The molecule has 1 spiro atoms. The van der Waals surface area contributed by atoms with Crippen LogP contribution < -0.4 is 5.32 Å². The molecule has 2 nitrogen and oxygen atoms in total. The van der Waals surface area contributed by atoms with Gasteiger partial charge in [0.15, 0.2) is 0 Å². The third-order valence-corrected chi connectivity index (χ3v) is 5.14. The Hall–Kier alpha value is -0.0800. The highest BCUT2D eigenvalue weighted by Gasteiger charge is 2.42. The highest BCUT2D eigenvalue weighted by atomic mass is 16.5. The molecule has 1 saturated carbocycles. The van der Waals surface area contributed by atoms with Gasteiger partial charge in [0.1, 0.15) is 0 Å². The number of hydrogen-bond donors (Lipinski definition) is 1. The molecule has 0 aromatic heterocycles. The average Bonchev–Trinajstić information content (AvgIpc) is 2.28. The number of ether oxygens (including phenoxy) is 1. The number of hydrogen-bond acceptors (Lipinski definition) is 2. The molecule has 2 aliphatic rings. The lowest BCUT2D eigenvalue weighted by atomic mass is 9.67. The van der Waals surface area contributed by atoms with Crippen LogP contribution in [0.1, 0.15) is 60.3 Å².